The fraction of sp³-hybridized carbons (Fsp3) is 0.415. The van der Waals surface area contributed by atoms with Gasteiger partial charge >= 0.3 is 5.69 Å². The summed E-state index contributed by atoms with van der Waals surface area (Å²) < 4.78 is 41.6. The minimum atomic E-state index is -1.81. The van der Waals surface area contributed by atoms with Crippen LogP contribution < -0.4 is 20.7 Å². The van der Waals surface area contributed by atoms with Gasteiger partial charge in [-0.15, -0.1) is 0 Å². The lowest BCUT2D eigenvalue weighted by Crippen LogP contribution is -2.41. The molecular weight excluding hydrogens is 721 g/mol. The van der Waals surface area contributed by atoms with Gasteiger partial charge in [0, 0.05) is 36.7 Å². The summed E-state index contributed by atoms with van der Waals surface area (Å²) in [6, 6.07) is 30.7. The van der Waals surface area contributed by atoms with E-state index >= 15 is 0 Å². The van der Waals surface area contributed by atoms with Crippen molar-refractivity contribution < 1.29 is 28.0 Å². The van der Waals surface area contributed by atoms with Crippen LogP contribution in [0, 0.1) is 28.6 Å². The normalized spacial score (nSPS) is 19.0. The molecule has 0 amide bonds. The Balaban J connectivity index is 1.66. The quantitative estimate of drug-likeness (QED) is 0.0656. The molecule has 2 heterocycles. The number of hydrogen-bond donors (Lipinski definition) is 1. The molecule has 0 aliphatic carbocycles. The van der Waals surface area contributed by atoms with Crippen LogP contribution in [0.15, 0.2) is 101 Å². The Kier molecular flexibility index (Phi) is 14.4. The van der Waals surface area contributed by atoms with Gasteiger partial charge in [0.2, 0.25) is 0 Å². The van der Waals surface area contributed by atoms with Gasteiger partial charge in [0.25, 0.3) is 14.1 Å². The molecule has 3 aromatic carbocycles. The van der Waals surface area contributed by atoms with Crippen LogP contribution in [0.5, 0.6) is 11.5 Å². The first-order chi connectivity index (χ1) is 26.6. The highest BCUT2D eigenvalue weighted by Gasteiger charge is 2.50. The molecule has 5 atom stereocenters. The van der Waals surface area contributed by atoms with Crippen LogP contribution in [0.1, 0.15) is 63.5 Å². The molecule has 1 fully saturated rings. The molecule has 0 bridgehead atoms. The zero-order valence-corrected chi connectivity index (χ0v) is 32.8. The average Bonchev–Trinajstić information content (AvgIpc) is 3.51. The van der Waals surface area contributed by atoms with Gasteiger partial charge in [0.1, 0.15) is 35.5 Å². The number of H-pyrrole nitrogens is 1. The largest absolute Gasteiger partial charge is 0.497 e. The highest BCUT2D eigenvalue weighted by molar-refractivity contribution is 7.44. The van der Waals surface area contributed by atoms with Crippen LogP contribution in [0.25, 0.3) is 0 Å². The summed E-state index contributed by atoms with van der Waals surface area (Å²) in [5.41, 5.74) is -0.0225. The van der Waals surface area contributed by atoms with Crippen LogP contribution in [-0.4, -0.2) is 65.9 Å². The van der Waals surface area contributed by atoms with E-state index in [1.807, 2.05) is 107 Å². The fourth-order valence-corrected chi connectivity index (χ4v) is 8.78. The van der Waals surface area contributed by atoms with Gasteiger partial charge in [-0.2, -0.15) is 10.5 Å². The number of aromatic nitrogens is 2. The maximum Gasteiger partial charge on any atom is 0.330 e. The molecule has 55 heavy (non-hydrogen) atoms. The number of aromatic amines is 1. The number of methoxy groups -OCH3 is 2. The number of hydrogen-bond acceptors (Lipinski definition) is 11. The second-order valence-electron chi connectivity index (χ2n) is 13.5. The summed E-state index contributed by atoms with van der Waals surface area (Å²) >= 11 is 0. The molecule has 0 spiro atoms. The van der Waals surface area contributed by atoms with Crippen molar-refractivity contribution in [3.8, 4) is 23.6 Å². The van der Waals surface area contributed by atoms with Crippen LogP contribution in [0.2, 0.25) is 0 Å². The first-order valence-corrected chi connectivity index (χ1v) is 19.3. The molecule has 1 aliphatic heterocycles. The van der Waals surface area contributed by atoms with Crippen LogP contribution in [-0.2, 0) is 24.1 Å². The zero-order valence-electron chi connectivity index (χ0n) is 32.0. The summed E-state index contributed by atoms with van der Waals surface area (Å²) in [5.74, 6) is 0.651. The van der Waals surface area contributed by atoms with Gasteiger partial charge in [-0.05, 0) is 68.7 Å². The number of nitriles is 2. The van der Waals surface area contributed by atoms with Crippen LogP contribution in [0.3, 0.4) is 0 Å². The van der Waals surface area contributed by atoms with Gasteiger partial charge in [-0.3, -0.25) is 14.3 Å². The third kappa shape index (κ3) is 9.34. The van der Waals surface area contributed by atoms with E-state index in [2.05, 4.69) is 21.8 Å². The Morgan fingerprint density at radius 2 is 1.44 bits per heavy atom. The van der Waals surface area contributed by atoms with E-state index in [0.717, 1.165) is 16.7 Å². The van der Waals surface area contributed by atoms with E-state index in [0.29, 0.717) is 11.5 Å². The predicted molar refractivity (Wildman–Crippen MR) is 207 cm³/mol. The monoisotopic (exact) mass is 769 g/mol. The van der Waals surface area contributed by atoms with Crippen molar-refractivity contribution in [2.75, 3.05) is 27.4 Å². The van der Waals surface area contributed by atoms with Crippen molar-refractivity contribution in [1.29, 1.82) is 10.5 Å². The molecular formula is C41H48N5O8P. The Morgan fingerprint density at radius 3 is 1.95 bits per heavy atom. The molecule has 0 radical (unpaired) electrons. The SMILES string of the molecule is COc1ccc(C(OC[C@H]2O[C@@H](n3ccc(=O)[nH]c3=O)[C@H](CC#N)[C@@H]2OP(OCCC#N)N(C(C)C)C(C)C)(c2ccccc2)c2ccc(OC)cc2)cc1. The fourth-order valence-electron chi connectivity index (χ4n) is 6.98. The maximum atomic E-state index is 13.2. The molecule has 13 nitrogen and oxygen atoms in total. The van der Waals surface area contributed by atoms with Crippen LogP contribution in [0.4, 0.5) is 0 Å². The molecule has 290 valence electrons. The van der Waals surface area contributed by atoms with Crippen molar-refractivity contribution in [3.63, 3.8) is 0 Å². The van der Waals surface area contributed by atoms with E-state index in [1.165, 1.54) is 16.8 Å². The lowest BCUT2D eigenvalue weighted by atomic mass is 9.80. The van der Waals surface area contributed by atoms with Crippen molar-refractivity contribution in [1.82, 2.24) is 14.2 Å². The highest BCUT2D eigenvalue weighted by atomic mass is 31.2. The van der Waals surface area contributed by atoms with E-state index < -0.39 is 49.7 Å². The summed E-state index contributed by atoms with van der Waals surface area (Å²) in [6.07, 6.45) is -1.23. The Morgan fingerprint density at radius 1 is 0.855 bits per heavy atom. The first-order valence-electron chi connectivity index (χ1n) is 18.1. The van der Waals surface area contributed by atoms with Crippen LogP contribution >= 0.6 is 8.53 Å². The first kappa shape index (κ1) is 41.3. The lowest BCUT2D eigenvalue weighted by molar-refractivity contribution is -0.0932. The molecule has 1 aliphatic rings. The van der Waals surface area contributed by atoms with Gasteiger partial charge in [-0.1, -0.05) is 54.6 Å². The standard InChI is InChI=1S/C41H48N5O8P/c1-28(2)46(29(3)4)55(52-26-10-23-42)54-38-35(21-24-43)39(45-25-22-37(47)44-40(45)48)53-36(38)27-51-41(30-11-8-7-9-12-30,31-13-17-33(49-5)18-14-31)32-15-19-34(50-6)20-16-32/h7-9,11-20,22,25,28-29,35-36,38-39H,10,21,26-27H2,1-6H3,(H,44,47,48)/t35-,36-,38+,39-,55?/m1/s1. The Bertz CT molecular complexity index is 1970. The molecule has 1 saturated heterocycles. The van der Waals surface area contributed by atoms with Crippen molar-refractivity contribution in [2.24, 2.45) is 5.92 Å². The molecule has 1 unspecified atom stereocenters. The summed E-state index contributed by atoms with van der Waals surface area (Å²) in [4.78, 5) is 27.6. The van der Waals surface area contributed by atoms with Gasteiger partial charge in [0.05, 0.1) is 46.0 Å². The number of ether oxygens (including phenoxy) is 4. The second kappa shape index (κ2) is 19.1. The third-order valence-electron chi connectivity index (χ3n) is 9.43. The zero-order chi connectivity index (χ0) is 39.5. The van der Waals surface area contributed by atoms with E-state index in [4.69, 9.17) is 28.0 Å². The van der Waals surface area contributed by atoms with E-state index in [1.54, 1.807) is 14.2 Å². The van der Waals surface area contributed by atoms with Crippen molar-refractivity contribution in [3.05, 3.63) is 129 Å². The van der Waals surface area contributed by atoms with Crippen molar-refractivity contribution in [2.45, 2.75) is 76.7 Å². The lowest BCUT2D eigenvalue weighted by Gasteiger charge is -2.39. The molecule has 14 heteroatoms. The maximum absolute atomic E-state index is 13.2. The minimum absolute atomic E-state index is 0.00637. The molecule has 4 aromatic rings. The topological polar surface area (TPSA) is 161 Å². The predicted octanol–water partition coefficient (Wildman–Crippen LogP) is 6.65. The Labute approximate surface area is 322 Å². The van der Waals surface area contributed by atoms with Gasteiger partial charge < -0.3 is 28.0 Å². The van der Waals surface area contributed by atoms with E-state index in [-0.39, 0.29) is 38.1 Å². The van der Waals surface area contributed by atoms with Crippen molar-refractivity contribution >= 4 is 8.53 Å². The van der Waals surface area contributed by atoms with Gasteiger partial charge in [-0.25, -0.2) is 9.46 Å². The molecule has 1 N–H and O–H groups in total. The smallest absolute Gasteiger partial charge is 0.330 e. The summed E-state index contributed by atoms with van der Waals surface area (Å²) in [7, 11) is 1.41. The van der Waals surface area contributed by atoms with E-state index in [9.17, 15) is 20.1 Å². The number of benzene rings is 3. The average molecular weight is 770 g/mol. The number of rotatable bonds is 18. The molecule has 1 aromatic heterocycles. The Hall–Kier alpha value is -4.85. The number of nitrogens with zero attached hydrogens (tertiary/aromatic N) is 4. The third-order valence-corrected chi connectivity index (χ3v) is 11.6. The molecule has 5 rings (SSSR count). The minimum Gasteiger partial charge on any atom is -0.497 e. The molecule has 0 saturated carbocycles. The van der Waals surface area contributed by atoms with Gasteiger partial charge in [0.15, 0.2) is 0 Å². The summed E-state index contributed by atoms with van der Waals surface area (Å²) in [5, 5.41) is 19.5. The number of nitrogens with one attached hydrogen (secondary N) is 1. The summed E-state index contributed by atoms with van der Waals surface area (Å²) in [6.45, 7) is 8.19. The second-order valence-corrected chi connectivity index (χ2v) is 14.9. The highest BCUT2D eigenvalue weighted by Crippen LogP contribution is 2.52.